The van der Waals surface area contributed by atoms with Crippen molar-refractivity contribution in [3.63, 3.8) is 0 Å². The lowest BCUT2D eigenvalue weighted by molar-refractivity contribution is -0.384. The van der Waals surface area contributed by atoms with E-state index in [4.69, 9.17) is 11.6 Å². The van der Waals surface area contributed by atoms with Crippen LogP contribution in [0.4, 0.5) is 11.4 Å². The number of phenolic OH excluding ortho intramolecular Hbond substituents is 1. The van der Waals surface area contributed by atoms with Gasteiger partial charge in [-0.05, 0) is 26.0 Å². The van der Waals surface area contributed by atoms with Crippen LogP contribution in [0.15, 0.2) is 30.5 Å². The monoisotopic (exact) mass is 390 g/mol. The quantitative estimate of drug-likeness (QED) is 0.391. The van der Waals surface area contributed by atoms with Crippen molar-refractivity contribution in [3.8, 4) is 5.75 Å². The molecule has 0 fully saturated rings. The van der Waals surface area contributed by atoms with Crippen molar-refractivity contribution in [3.05, 3.63) is 62.7 Å². The van der Waals surface area contributed by atoms with Gasteiger partial charge in [-0.1, -0.05) is 11.6 Å². The third-order valence-corrected chi connectivity index (χ3v) is 4.43. The Bertz CT molecular complexity index is 1040. The highest BCUT2D eigenvalue weighted by Crippen LogP contribution is 2.28. The van der Waals surface area contributed by atoms with Gasteiger partial charge in [0.25, 0.3) is 11.6 Å². The Hall–Kier alpha value is -3.40. The van der Waals surface area contributed by atoms with Gasteiger partial charge in [-0.25, -0.2) is 4.68 Å². The third kappa shape index (κ3) is 3.75. The predicted octanol–water partition coefficient (Wildman–Crippen LogP) is 2.72. The Balaban J connectivity index is 1.73. The number of nitro groups is 1. The van der Waals surface area contributed by atoms with Gasteiger partial charge in [-0.3, -0.25) is 19.6 Å². The Morgan fingerprint density at radius 2 is 2.07 bits per heavy atom. The van der Waals surface area contributed by atoms with E-state index in [0.717, 1.165) is 11.8 Å². The number of rotatable bonds is 5. The number of hydrogen-bond acceptors (Lipinski definition) is 6. The molecule has 10 nitrogen and oxygen atoms in total. The summed E-state index contributed by atoms with van der Waals surface area (Å²) in [5.74, 6) is -0.974. The molecule has 140 valence electrons. The predicted molar refractivity (Wildman–Crippen MR) is 97.1 cm³/mol. The minimum absolute atomic E-state index is 0.0467. The number of benzene rings is 1. The summed E-state index contributed by atoms with van der Waals surface area (Å²) in [6.45, 7) is 3.90. The molecule has 2 aromatic heterocycles. The van der Waals surface area contributed by atoms with Crippen molar-refractivity contribution in [2.75, 3.05) is 5.32 Å². The van der Waals surface area contributed by atoms with Crippen LogP contribution in [0, 0.1) is 24.0 Å². The van der Waals surface area contributed by atoms with Gasteiger partial charge in [0, 0.05) is 12.3 Å². The first-order valence-electron chi connectivity index (χ1n) is 7.78. The number of aromatic nitrogens is 4. The highest BCUT2D eigenvalue weighted by Gasteiger charge is 2.16. The van der Waals surface area contributed by atoms with E-state index < -0.39 is 16.6 Å². The van der Waals surface area contributed by atoms with Crippen molar-refractivity contribution in [1.82, 2.24) is 19.6 Å². The second-order valence-corrected chi connectivity index (χ2v) is 6.16. The minimum Gasteiger partial charge on any atom is -0.506 e. The fourth-order valence-electron chi connectivity index (χ4n) is 2.44. The zero-order chi connectivity index (χ0) is 19.7. The number of nitrogens with zero attached hydrogens (tertiary/aromatic N) is 5. The first-order valence-corrected chi connectivity index (χ1v) is 8.15. The maximum atomic E-state index is 12.3. The Labute approximate surface area is 158 Å². The summed E-state index contributed by atoms with van der Waals surface area (Å²) < 4.78 is 3.18. The number of phenols is 1. The van der Waals surface area contributed by atoms with Gasteiger partial charge < -0.3 is 10.4 Å². The molecule has 1 aromatic carbocycles. The highest BCUT2D eigenvalue weighted by molar-refractivity contribution is 6.31. The molecular formula is C16H15ClN6O4. The molecule has 0 unspecified atom stereocenters. The van der Waals surface area contributed by atoms with Gasteiger partial charge >= 0.3 is 0 Å². The van der Waals surface area contributed by atoms with E-state index in [1.54, 1.807) is 17.8 Å². The maximum Gasteiger partial charge on any atom is 0.276 e. The number of amides is 1. The van der Waals surface area contributed by atoms with Gasteiger partial charge in [-0.15, -0.1) is 0 Å². The molecule has 3 aromatic rings. The molecule has 0 atom stereocenters. The van der Waals surface area contributed by atoms with Gasteiger partial charge in [0.15, 0.2) is 5.69 Å². The molecule has 11 heteroatoms. The fourth-order valence-corrected chi connectivity index (χ4v) is 2.57. The highest BCUT2D eigenvalue weighted by atomic mass is 35.5. The minimum atomic E-state index is -0.641. The Morgan fingerprint density at radius 1 is 1.33 bits per heavy atom. The number of halogens is 1. The summed E-state index contributed by atoms with van der Waals surface area (Å²) in [6, 6.07) is 4.90. The summed E-state index contributed by atoms with van der Waals surface area (Å²) in [6.07, 6.45) is 1.61. The van der Waals surface area contributed by atoms with Crippen LogP contribution in [0.1, 0.15) is 21.9 Å². The molecular weight excluding hydrogens is 376 g/mol. The molecule has 0 saturated carbocycles. The second-order valence-electron chi connectivity index (χ2n) is 5.78. The van der Waals surface area contributed by atoms with Gasteiger partial charge in [0.2, 0.25) is 0 Å². The zero-order valence-corrected chi connectivity index (χ0v) is 15.1. The van der Waals surface area contributed by atoms with Crippen molar-refractivity contribution in [2.45, 2.75) is 20.5 Å². The summed E-state index contributed by atoms with van der Waals surface area (Å²) in [7, 11) is 0. The average Bonchev–Trinajstić information content (AvgIpc) is 3.18. The molecule has 0 spiro atoms. The van der Waals surface area contributed by atoms with E-state index in [1.807, 2.05) is 6.92 Å². The molecule has 0 aliphatic rings. The molecule has 0 aliphatic carbocycles. The average molecular weight is 391 g/mol. The number of non-ortho nitro benzene ring substituents is 1. The Morgan fingerprint density at radius 3 is 2.67 bits per heavy atom. The standard InChI is InChI=1S/C16H15ClN6O4/c1-9-15(17)10(2)22(19-9)8-21-6-5-13(20-21)16(25)18-12-4-3-11(23(26)27)7-14(12)24/h3-7,24H,8H2,1-2H3,(H,18,25). The lowest BCUT2D eigenvalue weighted by Crippen LogP contribution is -2.15. The van der Waals surface area contributed by atoms with Crippen LogP contribution in [0.25, 0.3) is 0 Å². The molecule has 3 rings (SSSR count). The van der Waals surface area contributed by atoms with Gasteiger partial charge in [-0.2, -0.15) is 10.2 Å². The summed E-state index contributed by atoms with van der Waals surface area (Å²) in [5, 5.41) is 32.0. The van der Waals surface area contributed by atoms with Gasteiger partial charge in [0.05, 0.1) is 33.1 Å². The van der Waals surface area contributed by atoms with E-state index in [0.29, 0.717) is 10.7 Å². The van der Waals surface area contributed by atoms with Crippen LogP contribution >= 0.6 is 11.6 Å². The smallest absolute Gasteiger partial charge is 0.276 e. The van der Waals surface area contributed by atoms with Gasteiger partial charge in [0.1, 0.15) is 12.4 Å². The normalized spacial score (nSPS) is 10.8. The summed E-state index contributed by atoms with van der Waals surface area (Å²) in [4.78, 5) is 22.3. The number of aryl methyl sites for hydroxylation is 1. The van der Waals surface area contributed by atoms with Crippen molar-refractivity contribution < 1.29 is 14.8 Å². The fraction of sp³-hybridized carbons (Fsp3) is 0.188. The molecule has 0 aliphatic heterocycles. The number of nitro benzene ring substituents is 1. The number of anilines is 1. The van der Waals surface area contributed by atoms with Crippen LogP contribution in [-0.2, 0) is 6.67 Å². The molecule has 27 heavy (non-hydrogen) atoms. The molecule has 0 radical (unpaired) electrons. The van der Waals surface area contributed by atoms with E-state index >= 15 is 0 Å². The van der Waals surface area contributed by atoms with E-state index in [2.05, 4.69) is 15.5 Å². The Kier molecular flexibility index (Phi) is 4.82. The van der Waals surface area contributed by atoms with Crippen molar-refractivity contribution >= 4 is 28.9 Å². The maximum absolute atomic E-state index is 12.3. The van der Waals surface area contributed by atoms with Crippen LogP contribution in [0.2, 0.25) is 5.02 Å². The number of carbonyl (C=O) groups is 1. The first kappa shape index (κ1) is 18.4. The molecule has 1 amide bonds. The first-order chi connectivity index (χ1) is 12.8. The number of aromatic hydroxyl groups is 1. The van der Waals surface area contributed by atoms with Crippen LogP contribution < -0.4 is 5.32 Å². The van der Waals surface area contributed by atoms with E-state index in [9.17, 15) is 20.0 Å². The van der Waals surface area contributed by atoms with Crippen molar-refractivity contribution in [2.24, 2.45) is 0 Å². The molecule has 2 N–H and O–H groups in total. The zero-order valence-electron chi connectivity index (χ0n) is 14.4. The summed E-state index contributed by atoms with van der Waals surface area (Å²) in [5.41, 5.74) is 1.36. The lowest BCUT2D eigenvalue weighted by atomic mass is 10.2. The van der Waals surface area contributed by atoms with Crippen LogP contribution in [-0.4, -0.2) is 35.5 Å². The molecule has 2 heterocycles. The molecule has 0 saturated heterocycles. The summed E-state index contributed by atoms with van der Waals surface area (Å²) >= 11 is 6.11. The van der Waals surface area contributed by atoms with E-state index in [-0.39, 0.29) is 23.7 Å². The van der Waals surface area contributed by atoms with Crippen LogP contribution in [0.3, 0.4) is 0 Å². The van der Waals surface area contributed by atoms with E-state index in [1.165, 1.54) is 22.9 Å². The van der Waals surface area contributed by atoms with Crippen LogP contribution in [0.5, 0.6) is 5.75 Å². The SMILES string of the molecule is Cc1nn(Cn2ccc(C(=O)Nc3ccc([N+](=O)[O-])cc3O)n2)c(C)c1Cl. The van der Waals surface area contributed by atoms with Crippen molar-refractivity contribution in [1.29, 1.82) is 0 Å². The topological polar surface area (TPSA) is 128 Å². The number of hydrogen-bond donors (Lipinski definition) is 2. The number of nitrogens with one attached hydrogen (secondary N) is 1. The second kappa shape index (κ2) is 7.08. The third-order valence-electron chi connectivity index (χ3n) is 3.89. The molecule has 0 bridgehead atoms. The lowest BCUT2D eigenvalue weighted by Gasteiger charge is -2.06. The number of carbonyl (C=O) groups excluding carboxylic acids is 1. The largest absolute Gasteiger partial charge is 0.506 e.